The monoisotopic (exact) mass is 457 g/mol. The number of allylic oxidation sites excluding steroid dienone is 4. The smallest absolute Gasteiger partial charge is 0.337 e. The Morgan fingerprint density at radius 1 is 1.12 bits per heavy atom. The van der Waals surface area contributed by atoms with E-state index in [4.69, 9.17) is 9.47 Å². The van der Waals surface area contributed by atoms with Gasteiger partial charge in [0.05, 0.1) is 36.9 Å². The molecule has 2 heterocycles. The summed E-state index contributed by atoms with van der Waals surface area (Å²) < 4.78 is 13.0. The van der Waals surface area contributed by atoms with Crippen molar-refractivity contribution in [2.75, 3.05) is 14.2 Å². The Balaban J connectivity index is 1.68. The third-order valence-corrected chi connectivity index (χ3v) is 7.78. The van der Waals surface area contributed by atoms with Crippen LogP contribution in [-0.2, 0) is 14.3 Å². The van der Waals surface area contributed by atoms with Crippen LogP contribution in [0.25, 0.3) is 22.7 Å². The van der Waals surface area contributed by atoms with Crippen molar-refractivity contribution in [2.24, 2.45) is 5.92 Å². The van der Waals surface area contributed by atoms with Crippen molar-refractivity contribution in [2.45, 2.75) is 44.4 Å². The van der Waals surface area contributed by atoms with Gasteiger partial charge < -0.3 is 19.1 Å². The number of carboxylic acid groups (broad SMARTS) is 1. The fourth-order valence-corrected chi connectivity index (χ4v) is 6.17. The van der Waals surface area contributed by atoms with E-state index in [2.05, 4.69) is 16.7 Å². The van der Waals surface area contributed by atoms with Crippen LogP contribution in [-0.4, -0.2) is 35.8 Å². The number of methoxy groups -OCH3 is 2. The number of benzene rings is 1. The Morgan fingerprint density at radius 3 is 2.62 bits per heavy atom. The molecular weight excluding hydrogens is 430 g/mol. The first-order valence-electron chi connectivity index (χ1n) is 12.0. The average Bonchev–Trinajstić information content (AvgIpc) is 3.50. The molecule has 0 saturated heterocycles. The number of rotatable bonds is 4. The zero-order valence-corrected chi connectivity index (χ0v) is 19.4. The molecule has 0 bridgehead atoms. The van der Waals surface area contributed by atoms with Crippen molar-refractivity contribution < 1.29 is 24.2 Å². The molecule has 3 aliphatic carbocycles. The van der Waals surface area contributed by atoms with Gasteiger partial charge in [-0.15, -0.1) is 0 Å². The number of carbonyl (C=O) groups excluding carboxylic acids is 1. The molecule has 1 aromatic heterocycles. The lowest BCUT2D eigenvalue weighted by Gasteiger charge is -2.25. The lowest BCUT2D eigenvalue weighted by atomic mass is 9.83. The molecular formula is C28H27NO5. The van der Waals surface area contributed by atoms with Gasteiger partial charge in [-0.1, -0.05) is 37.5 Å². The highest BCUT2D eigenvalue weighted by atomic mass is 16.5. The van der Waals surface area contributed by atoms with Crippen molar-refractivity contribution in [3.05, 3.63) is 63.9 Å². The predicted molar refractivity (Wildman–Crippen MR) is 129 cm³/mol. The van der Waals surface area contributed by atoms with E-state index in [0.717, 1.165) is 57.5 Å². The van der Waals surface area contributed by atoms with E-state index in [-0.39, 0.29) is 5.97 Å². The number of ether oxygens (including phenoxy) is 2. The molecule has 0 spiro atoms. The van der Waals surface area contributed by atoms with Gasteiger partial charge in [0.1, 0.15) is 5.75 Å². The van der Waals surface area contributed by atoms with Crippen LogP contribution in [0.2, 0.25) is 0 Å². The zero-order valence-electron chi connectivity index (χ0n) is 19.4. The first kappa shape index (κ1) is 21.0. The van der Waals surface area contributed by atoms with E-state index >= 15 is 0 Å². The van der Waals surface area contributed by atoms with Crippen LogP contribution in [0, 0.1) is 5.92 Å². The molecule has 1 aromatic carbocycles. The van der Waals surface area contributed by atoms with Crippen molar-refractivity contribution in [1.82, 2.24) is 4.57 Å². The van der Waals surface area contributed by atoms with Gasteiger partial charge in [0.2, 0.25) is 0 Å². The molecule has 0 amide bonds. The zero-order chi connectivity index (χ0) is 23.6. The molecule has 1 fully saturated rings. The quantitative estimate of drug-likeness (QED) is 0.618. The van der Waals surface area contributed by atoms with Crippen LogP contribution in [0.5, 0.6) is 5.75 Å². The normalized spacial score (nSPS) is 21.5. The Labute approximate surface area is 197 Å². The maximum atomic E-state index is 12.9. The highest BCUT2D eigenvalue weighted by molar-refractivity contribution is 6.12. The second kappa shape index (κ2) is 7.76. The van der Waals surface area contributed by atoms with Gasteiger partial charge in [-0.2, -0.15) is 0 Å². The molecule has 0 radical (unpaired) electrons. The van der Waals surface area contributed by atoms with Gasteiger partial charge in [-0.25, -0.2) is 4.79 Å². The van der Waals surface area contributed by atoms with E-state index in [1.54, 1.807) is 7.11 Å². The number of aliphatic carboxylic acids is 1. The standard InChI is InChI=1S/C28H27NO5/c1-33-22-12-11-16(15-7-4-3-5-8-15)26-19(22)13-21-23-17(9-6-10-18(23)28(32)34-2)24-20(14-29(21)26)25(24)27(30)31/h6,9,11-15,18H,3-5,7-8,10H2,1-2H3,(H,30,31)/t18-/m1/s1. The SMILES string of the molecule is COC(=O)[C@@H]1CC=CC2=C1c1cc3c(OC)ccc(C4CCCCC4)c3n1C=C1C(C(=O)O)=C12. The van der Waals surface area contributed by atoms with E-state index < -0.39 is 11.9 Å². The van der Waals surface area contributed by atoms with E-state index in [9.17, 15) is 14.7 Å². The summed E-state index contributed by atoms with van der Waals surface area (Å²) in [5.41, 5.74) is 6.65. The third kappa shape index (κ3) is 2.94. The van der Waals surface area contributed by atoms with E-state index in [1.165, 1.54) is 31.9 Å². The van der Waals surface area contributed by atoms with Crippen LogP contribution < -0.4 is 4.74 Å². The Morgan fingerprint density at radius 2 is 1.91 bits per heavy atom. The molecule has 6 heteroatoms. The second-order valence-electron chi connectivity index (χ2n) is 9.49. The Bertz CT molecular complexity index is 1380. The van der Waals surface area contributed by atoms with Crippen molar-refractivity contribution in [3.8, 4) is 5.75 Å². The summed E-state index contributed by atoms with van der Waals surface area (Å²) in [6.45, 7) is 0. The molecule has 0 unspecified atom stereocenters. The van der Waals surface area contributed by atoms with Gasteiger partial charge in [0.15, 0.2) is 0 Å². The molecule has 1 atom stereocenters. The number of hydrogen-bond donors (Lipinski definition) is 1. The molecule has 2 aromatic rings. The van der Waals surface area contributed by atoms with Crippen LogP contribution in [0.1, 0.15) is 55.7 Å². The summed E-state index contributed by atoms with van der Waals surface area (Å²) in [6.07, 6.45) is 12.3. The van der Waals surface area contributed by atoms with Crippen LogP contribution in [0.4, 0.5) is 0 Å². The fourth-order valence-electron chi connectivity index (χ4n) is 6.17. The average molecular weight is 458 g/mol. The predicted octanol–water partition coefficient (Wildman–Crippen LogP) is 5.45. The number of hydrogen-bond acceptors (Lipinski definition) is 4. The highest BCUT2D eigenvalue weighted by Gasteiger charge is 2.44. The highest BCUT2D eigenvalue weighted by Crippen LogP contribution is 2.54. The number of fused-ring (bicyclic) bond motifs is 6. The molecule has 34 heavy (non-hydrogen) atoms. The lowest BCUT2D eigenvalue weighted by molar-refractivity contribution is -0.143. The number of carboxylic acids is 1. The van der Waals surface area contributed by atoms with Crippen LogP contribution in [0.15, 0.2) is 52.6 Å². The van der Waals surface area contributed by atoms with Crippen LogP contribution >= 0.6 is 0 Å². The molecule has 4 aliphatic rings. The first-order valence-corrected chi connectivity index (χ1v) is 12.0. The maximum Gasteiger partial charge on any atom is 0.337 e. The van der Waals surface area contributed by atoms with Gasteiger partial charge in [0.25, 0.3) is 0 Å². The minimum absolute atomic E-state index is 0.310. The summed E-state index contributed by atoms with van der Waals surface area (Å²) in [4.78, 5) is 24.9. The topological polar surface area (TPSA) is 77.8 Å². The van der Waals surface area contributed by atoms with Gasteiger partial charge in [0, 0.05) is 22.7 Å². The molecule has 174 valence electrons. The van der Waals surface area contributed by atoms with Gasteiger partial charge >= 0.3 is 11.9 Å². The molecule has 6 rings (SSSR count). The summed E-state index contributed by atoms with van der Waals surface area (Å²) in [5, 5.41) is 10.9. The number of aromatic nitrogens is 1. The minimum Gasteiger partial charge on any atom is -0.496 e. The molecule has 1 saturated carbocycles. The van der Waals surface area contributed by atoms with Crippen molar-refractivity contribution in [3.63, 3.8) is 0 Å². The number of esters is 1. The molecule has 6 nitrogen and oxygen atoms in total. The molecule has 1 aliphatic heterocycles. The number of nitrogens with zero attached hydrogens (tertiary/aromatic N) is 1. The molecule has 1 N–H and O–H groups in total. The van der Waals surface area contributed by atoms with E-state index in [0.29, 0.717) is 17.9 Å². The van der Waals surface area contributed by atoms with Crippen molar-refractivity contribution >= 4 is 34.6 Å². The maximum absolute atomic E-state index is 12.9. The van der Waals surface area contributed by atoms with E-state index in [1.807, 2.05) is 24.4 Å². The third-order valence-electron chi connectivity index (χ3n) is 7.78. The number of carbonyl (C=O) groups is 2. The Hall–Kier alpha value is -3.54. The van der Waals surface area contributed by atoms with Crippen LogP contribution in [0.3, 0.4) is 0 Å². The largest absolute Gasteiger partial charge is 0.496 e. The summed E-state index contributed by atoms with van der Waals surface area (Å²) in [6, 6.07) is 6.31. The second-order valence-corrected chi connectivity index (χ2v) is 9.49. The lowest BCUT2D eigenvalue weighted by Crippen LogP contribution is -2.21. The fraction of sp³-hybridized carbons (Fsp3) is 0.357. The summed E-state index contributed by atoms with van der Waals surface area (Å²) in [7, 11) is 3.07. The summed E-state index contributed by atoms with van der Waals surface area (Å²) >= 11 is 0. The van der Waals surface area contributed by atoms with Gasteiger partial charge in [-0.05, 0) is 54.0 Å². The first-order chi connectivity index (χ1) is 16.5. The van der Waals surface area contributed by atoms with Gasteiger partial charge in [-0.3, -0.25) is 4.79 Å². The summed E-state index contributed by atoms with van der Waals surface area (Å²) in [5.74, 6) is -0.516. The minimum atomic E-state index is -0.938. The Kier molecular flexibility index (Phi) is 4.80. The van der Waals surface area contributed by atoms with Crippen molar-refractivity contribution in [1.29, 1.82) is 0 Å².